The lowest BCUT2D eigenvalue weighted by atomic mass is 10.00. The van der Waals surface area contributed by atoms with Gasteiger partial charge in [0.25, 0.3) is 0 Å². The number of hydrogen-bond donors (Lipinski definition) is 0. The highest BCUT2D eigenvalue weighted by molar-refractivity contribution is 5.76. The first-order valence-electron chi connectivity index (χ1n) is 10.2. The van der Waals surface area contributed by atoms with Gasteiger partial charge in [0.05, 0.1) is 13.7 Å². The van der Waals surface area contributed by atoms with Crippen molar-refractivity contribution in [3.8, 4) is 5.75 Å². The van der Waals surface area contributed by atoms with Crippen LogP contribution >= 0.6 is 0 Å². The molecule has 4 rings (SSSR count). The van der Waals surface area contributed by atoms with E-state index in [0.717, 1.165) is 55.4 Å². The standard InChI is InChI=1S/C21H28N4O3/c1-27-18-5-3-2-4-16(18)6-7-20(26)24-11-8-19-22-21(23-25(19)13-12-24)17-9-14-28-15-10-17/h2-5,17H,6-15H2,1H3. The Morgan fingerprint density at radius 3 is 2.86 bits per heavy atom. The fourth-order valence-corrected chi connectivity index (χ4v) is 4.01. The number of rotatable bonds is 5. The molecule has 1 saturated heterocycles. The maximum Gasteiger partial charge on any atom is 0.222 e. The van der Waals surface area contributed by atoms with Crippen molar-refractivity contribution in [2.24, 2.45) is 0 Å². The van der Waals surface area contributed by atoms with Gasteiger partial charge >= 0.3 is 0 Å². The van der Waals surface area contributed by atoms with E-state index in [0.29, 0.717) is 38.4 Å². The van der Waals surface area contributed by atoms with Crippen LogP contribution in [0.4, 0.5) is 0 Å². The quantitative estimate of drug-likeness (QED) is 0.790. The Bertz CT molecular complexity index is 788. The van der Waals surface area contributed by atoms with Crippen LogP contribution in [-0.4, -0.2) is 59.0 Å². The molecule has 0 radical (unpaired) electrons. The molecule has 1 amide bonds. The molecule has 0 unspecified atom stereocenters. The molecule has 0 spiro atoms. The van der Waals surface area contributed by atoms with E-state index >= 15 is 0 Å². The summed E-state index contributed by atoms with van der Waals surface area (Å²) in [6, 6.07) is 7.88. The Labute approximate surface area is 165 Å². The first-order valence-corrected chi connectivity index (χ1v) is 10.2. The first kappa shape index (κ1) is 18.9. The highest BCUT2D eigenvalue weighted by Gasteiger charge is 2.25. The van der Waals surface area contributed by atoms with Crippen LogP contribution in [0.1, 0.15) is 42.4 Å². The number of aryl methyl sites for hydroxylation is 1. The zero-order chi connectivity index (χ0) is 19.3. The topological polar surface area (TPSA) is 69.5 Å². The number of hydrogen-bond acceptors (Lipinski definition) is 5. The number of para-hydroxylation sites is 1. The first-order chi connectivity index (χ1) is 13.7. The van der Waals surface area contributed by atoms with Crippen LogP contribution < -0.4 is 4.74 Å². The van der Waals surface area contributed by atoms with Gasteiger partial charge in [0.15, 0.2) is 5.82 Å². The number of aromatic nitrogens is 3. The number of carbonyl (C=O) groups excluding carboxylic acids is 1. The van der Waals surface area contributed by atoms with Crippen molar-refractivity contribution >= 4 is 5.91 Å². The minimum atomic E-state index is 0.182. The van der Waals surface area contributed by atoms with Crippen molar-refractivity contribution in [1.29, 1.82) is 0 Å². The predicted molar refractivity (Wildman–Crippen MR) is 104 cm³/mol. The maximum atomic E-state index is 12.7. The van der Waals surface area contributed by atoms with Crippen LogP contribution in [0.25, 0.3) is 0 Å². The number of nitrogens with zero attached hydrogens (tertiary/aromatic N) is 4. The molecule has 150 valence electrons. The third-order valence-corrected chi connectivity index (χ3v) is 5.69. The predicted octanol–water partition coefficient (Wildman–Crippen LogP) is 2.20. The maximum absolute atomic E-state index is 12.7. The van der Waals surface area contributed by atoms with Crippen LogP contribution in [0.5, 0.6) is 5.75 Å². The Kier molecular flexibility index (Phi) is 5.90. The summed E-state index contributed by atoms with van der Waals surface area (Å²) in [4.78, 5) is 19.5. The zero-order valence-corrected chi connectivity index (χ0v) is 16.5. The minimum Gasteiger partial charge on any atom is -0.496 e. The fraction of sp³-hybridized carbons (Fsp3) is 0.571. The van der Waals surface area contributed by atoms with Crippen molar-refractivity contribution < 1.29 is 14.3 Å². The molecular formula is C21H28N4O3. The van der Waals surface area contributed by atoms with E-state index in [4.69, 9.17) is 19.6 Å². The molecule has 0 atom stereocenters. The largest absolute Gasteiger partial charge is 0.496 e. The Balaban J connectivity index is 1.33. The van der Waals surface area contributed by atoms with E-state index in [1.165, 1.54) is 0 Å². The molecule has 0 bridgehead atoms. The molecule has 1 aromatic heterocycles. The van der Waals surface area contributed by atoms with Gasteiger partial charge in [-0.1, -0.05) is 18.2 Å². The van der Waals surface area contributed by atoms with Crippen LogP contribution in [0.3, 0.4) is 0 Å². The summed E-state index contributed by atoms with van der Waals surface area (Å²) >= 11 is 0. The highest BCUT2D eigenvalue weighted by atomic mass is 16.5. The van der Waals surface area contributed by atoms with Gasteiger partial charge in [0, 0.05) is 45.1 Å². The average molecular weight is 384 g/mol. The minimum absolute atomic E-state index is 0.182. The molecule has 1 aromatic carbocycles. The van der Waals surface area contributed by atoms with E-state index < -0.39 is 0 Å². The van der Waals surface area contributed by atoms with Gasteiger partial charge in [-0.05, 0) is 30.9 Å². The summed E-state index contributed by atoms with van der Waals surface area (Å²) in [7, 11) is 1.67. The molecule has 28 heavy (non-hydrogen) atoms. The van der Waals surface area contributed by atoms with Crippen molar-refractivity contribution in [2.75, 3.05) is 33.4 Å². The molecule has 0 N–H and O–H groups in total. The number of methoxy groups -OCH3 is 1. The number of ether oxygens (including phenoxy) is 2. The summed E-state index contributed by atoms with van der Waals surface area (Å²) in [6.45, 7) is 3.70. The normalized spacial score (nSPS) is 17.8. The highest BCUT2D eigenvalue weighted by Crippen LogP contribution is 2.25. The summed E-state index contributed by atoms with van der Waals surface area (Å²) < 4.78 is 12.8. The van der Waals surface area contributed by atoms with Crippen LogP contribution in [0.2, 0.25) is 0 Å². The van der Waals surface area contributed by atoms with E-state index in [-0.39, 0.29) is 5.91 Å². The molecule has 0 saturated carbocycles. The van der Waals surface area contributed by atoms with Crippen LogP contribution in [-0.2, 0) is 28.9 Å². The lowest BCUT2D eigenvalue weighted by Crippen LogP contribution is -2.34. The van der Waals surface area contributed by atoms with Gasteiger partial charge in [-0.15, -0.1) is 0 Å². The van der Waals surface area contributed by atoms with Crippen LogP contribution in [0, 0.1) is 0 Å². The average Bonchev–Trinajstić information content (AvgIpc) is 3.05. The Morgan fingerprint density at radius 2 is 2.04 bits per heavy atom. The second-order valence-corrected chi connectivity index (χ2v) is 7.44. The molecule has 1 fully saturated rings. The van der Waals surface area contributed by atoms with Gasteiger partial charge in [0.1, 0.15) is 11.6 Å². The summed E-state index contributed by atoms with van der Waals surface area (Å²) in [5, 5.41) is 4.74. The van der Waals surface area contributed by atoms with E-state index in [2.05, 4.69) is 0 Å². The molecule has 2 aliphatic rings. The molecule has 7 heteroatoms. The number of benzene rings is 1. The van der Waals surface area contributed by atoms with E-state index in [9.17, 15) is 4.79 Å². The third kappa shape index (κ3) is 4.19. The van der Waals surface area contributed by atoms with Gasteiger partial charge in [-0.25, -0.2) is 9.67 Å². The number of carbonyl (C=O) groups is 1. The lowest BCUT2D eigenvalue weighted by molar-refractivity contribution is -0.131. The Hall–Kier alpha value is -2.41. The number of amides is 1. The fourth-order valence-electron chi connectivity index (χ4n) is 4.01. The Morgan fingerprint density at radius 1 is 1.21 bits per heavy atom. The zero-order valence-electron chi connectivity index (χ0n) is 16.5. The molecule has 3 heterocycles. The SMILES string of the molecule is COc1ccccc1CCC(=O)N1CCc2nc(C3CCOCC3)nn2CC1. The molecule has 2 aromatic rings. The second kappa shape index (κ2) is 8.73. The molecule has 2 aliphatic heterocycles. The van der Waals surface area contributed by atoms with Crippen molar-refractivity contribution in [2.45, 2.75) is 44.6 Å². The monoisotopic (exact) mass is 384 g/mol. The van der Waals surface area contributed by atoms with Gasteiger partial charge in [0.2, 0.25) is 5.91 Å². The van der Waals surface area contributed by atoms with E-state index in [1.807, 2.05) is 33.8 Å². The van der Waals surface area contributed by atoms with Gasteiger partial charge < -0.3 is 14.4 Å². The lowest BCUT2D eigenvalue weighted by Gasteiger charge is -2.21. The van der Waals surface area contributed by atoms with Crippen molar-refractivity contribution in [3.05, 3.63) is 41.5 Å². The number of fused-ring (bicyclic) bond motifs is 1. The van der Waals surface area contributed by atoms with Crippen LogP contribution in [0.15, 0.2) is 24.3 Å². The van der Waals surface area contributed by atoms with Gasteiger partial charge in [-0.3, -0.25) is 4.79 Å². The summed E-state index contributed by atoms with van der Waals surface area (Å²) in [5.41, 5.74) is 1.07. The smallest absolute Gasteiger partial charge is 0.222 e. The summed E-state index contributed by atoms with van der Waals surface area (Å²) in [5.74, 6) is 3.39. The third-order valence-electron chi connectivity index (χ3n) is 5.69. The van der Waals surface area contributed by atoms with Crippen molar-refractivity contribution in [3.63, 3.8) is 0 Å². The van der Waals surface area contributed by atoms with E-state index in [1.54, 1.807) is 7.11 Å². The molecule has 0 aliphatic carbocycles. The second-order valence-electron chi connectivity index (χ2n) is 7.44. The molecular weight excluding hydrogens is 356 g/mol. The summed E-state index contributed by atoms with van der Waals surface area (Å²) in [6.07, 6.45) is 3.93. The van der Waals surface area contributed by atoms with Crippen molar-refractivity contribution in [1.82, 2.24) is 19.7 Å². The molecule has 7 nitrogen and oxygen atoms in total. The van der Waals surface area contributed by atoms with Gasteiger partial charge in [-0.2, -0.15) is 5.10 Å².